The summed E-state index contributed by atoms with van der Waals surface area (Å²) in [7, 11) is 1.23. The fourth-order valence-electron chi connectivity index (χ4n) is 3.22. The number of halogens is 2. The Balaban J connectivity index is 2.71. The van der Waals surface area contributed by atoms with Crippen LogP contribution in [0.4, 0.5) is 4.79 Å². The average Bonchev–Trinajstić information content (AvgIpc) is 2.73. The Hall–Kier alpha value is -2.71. The van der Waals surface area contributed by atoms with Gasteiger partial charge in [0.05, 0.1) is 46.5 Å². The third-order valence-electron chi connectivity index (χ3n) is 4.65. The van der Waals surface area contributed by atoms with E-state index < -0.39 is 23.9 Å². The molecule has 10 heteroatoms. The number of benzene rings is 1. The van der Waals surface area contributed by atoms with E-state index in [9.17, 15) is 14.4 Å². The van der Waals surface area contributed by atoms with Gasteiger partial charge in [-0.1, -0.05) is 48.7 Å². The largest absolute Gasteiger partial charge is 0.466 e. The van der Waals surface area contributed by atoms with Gasteiger partial charge in [-0.25, -0.2) is 14.4 Å². The van der Waals surface area contributed by atoms with Gasteiger partial charge in [-0.15, -0.1) is 0 Å². The molecule has 0 aliphatic carbocycles. The second-order valence-electron chi connectivity index (χ2n) is 6.72. The number of carbonyl (C=O) groups is 3. The summed E-state index contributed by atoms with van der Waals surface area (Å²) in [4.78, 5) is 37.0. The minimum absolute atomic E-state index is 0.0486. The van der Waals surface area contributed by atoms with Crippen LogP contribution < -0.4 is 11.1 Å². The lowest BCUT2D eigenvalue weighted by molar-refractivity contribution is -0.139. The lowest BCUT2D eigenvalue weighted by atomic mass is 9.80. The van der Waals surface area contributed by atoms with Crippen LogP contribution in [-0.4, -0.2) is 38.4 Å². The molecule has 0 aromatic heterocycles. The Morgan fingerprint density at radius 2 is 1.84 bits per heavy atom. The number of methoxy groups -OCH3 is 1. The van der Waals surface area contributed by atoms with Gasteiger partial charge in [0, 0.05) is 5.70 Å². The monoisotopic (exact) mass is 470 g/mol. The van der Waals surface area contributed by atoms with Crippen LogP contribution in [0.1, 0.15) is 38.2 Å². The topological polar surface area (TPSA) is 117 Å². The van der Waals surface area contributed by atoms with Crippen LogP contribution in [0.5, 0.6) is 0 Å². The molecule has 168 valence electrons. The zero-order valence-corrected chi connectivity index (χ0v) is 18.9. The van der Waals surface area contributed by atoms with Crippen LogP contribution in [0, 0.1) is 0 Å². The molecule has 1 heterocycles. The maximum Gasteiger partial charge on any atom is 0.404 e. The number of esters is 2. The minimum atomic E-state index is -1.02. The van der Waals surface area contributed by atoms with Gasteiger partial charge < -0.3 is 25.3 Å². The standard InChI is InChI=1S/C21H24Cl2N2O6/c1-4-5-9-30-20(27)17-14(10-31-21(24)28)25-11(2)15(19(26)29-3)16(17)12-7-6-8-13(22)18(12)23/h6-8,16,25H,4-5,9-10H2,1-3H3,(H2,24,28). The van der Waals surface area contributed by atoms with E-state index >= 15 is 0 Å². The van der Waals surface area contributed by atoms with Crippen LogP contribution in [0.3, 0.4) is 0 Å². The van der Waals surface area contributed by atoms with Gasteiger partial charge >= 0.3 is 18.0 Å². The molecular formula is C21H24Cl2N2O6. The lowest BCUT2D eigenvalue weighted by Crippen LogP contribution is -2.35. The Morgan fingerprint density at radius 1 is 1.13 bits per heavy atom. The summed E-state index contributed by atoms with van der Waals surface area (Å²) in [5.41, 5.74) is 6.30. The van der Waals surface area contributed by atoms with Crippen molar-refractivity contribution in [2.75, 3.05) is 20.3 Å². The number of amides is 1. The molecule has 1 aliphatic heterocycles. The van der Waals surface area contributed by atoms with E-state index in [1.807, 2.05) is 6.92 Å². The molecule has 0 radical (unpaired) electrons. The molecule has 0 saturated carbocycles. The summed E-state index contributed by atoms with van der Waals surface area (Å²) in [6.45, 7) is 3.42. The van der Waals surface area contributed by atoms with E-state index in [-0.39, 0.29) is 40.1 Å². The van der Waals surface area contributed by atoms with Gasteiger partial charge in [0.25, 0.3) is 0 Å². The molecule has 0 spiro atoms. The summed E-state index contributed by atoms with van der Waals surface area (Å²) in [6.07, 6.45) is 0.449. The molecule has 31 heavy (non-hydrogen) atoms. The van der Waals surface area contributed by atoms with Crippen LogP contribution in [-0.2, 0) is 23.8 Å². The van der Waals surface area contributed by atoms with Crippen molar-refractivity contribution in [3.8, 4) is 0 Å². The highest BCUT2D eigenvalue weighted by molar-refractivity contribution is 6.42. The number of primary amides is 1. The van der Waals surface area contributed by atoms with Crippen LogP contribution >= 0.6 is 23.2 Å². The van der Waals surface area contributed by atoms with E-state index in [2.05, 4.69) is 5.32 Å². The molecule has 3 N–H and O–H groups in total. The van der Waals surface area contributed by atoms with Crippen molar-refractivity contribution in [3.05, 3.63) is 56.3 Å². The molecule has 0 saturated heterocycles. The van der Waals surface area contributed by atoms with Gasteiger partial charge in [0.15, 0.2) is 0 Å². The predicted octanol–water partition coefficient (Wildman–Crippen LogP) is 3.82. The van der Waals surface area contributed by atoms with E-state index in [0.29, 0.717) is 17.7 Å². The fraction of sp³-hybridized carbons (Fsp3) is 0.381. The molecule has 1 aliphatic rings. The first-order chi connectivity index (χ1) is 14.7. The molecule has 1 aromatic rings. The second kappa shape index (κ2) is 11.1. The summed E-state index contributed by atoms with van der Waals surface area (Å²) in [5, 5.41) is 3.35. The van der Waals surface area contributed by atoms with Crippen molar-refractivity contribution in [2.45, 2.75) is 32.6 Å². The zero-order valence-electron chi connectivity index (χ0n) is 17.4. The number of nitrogens with two attached hydrogens (primary N) is 1. The van der Waals surface area contributed by atoms with Crippen molar-refractivity contribution in [3.63, 3.8) is 0 Å². The maximum absolute atomic E-state index is 13.1. The SMILES string of the molecule is CCCCOC(=O)C1=C(COC(N)=O)NC(C)=C(C(=O)OC)C1c1cccc(Cl)c1Cl. The van der Waals surface area contributed by atoms with Crippen molar-refractivity contribution in [1.82, 2.24) is 5.32 Å². The number of hydrogen-bond acceptors (Lipinski definition) is 7. The van der Waals surface area contributed by atoms with Crippen molar-refractivity contribution >= 4 is 41.2 Å². The van der Waals surface area contributed by atoms with Crippen molar-refractivity contribution in [2.24, 2.45) is 5.73 Å². The number of unbranched alkanes of at least 4 members (excludes halogenated alkanes) is 1. The highest BCUT2D eigenvalue weighted by atomic mass is 35.5. The van der Waals surface area contributed by atoms with E-state index in [4.69, 9.17) is 43.1 Å². The van der Waals surface area contributed by atoms with Gasteiger partial charge in [0.1, 0.15) is 6.61 Å². The highest BCUT2D eigenvalue weighted by Gasteiger charge is 2.40. The average molecular weight is 471 g/mol. The molecular weight excluding hydrogens is 447 g/mol. The smallest absolute Gasteiger partial charge is 0.404 e. The van der Waals surface area contributed by atoms with E-state index in [1.54, 1.807) is 25.1 Å². The van der Waals surface area contributed by atoms with E-state index in [1.165, 1.54) is 7.11 Å². The summed E-state index contributed by atoms with van der Waals surface area (Å²) < 4.78 is 15.3. The number of rotatable bonds is 8. The van der Waals surface area contributed by atoms with Gasteiger partial charge in [-0.3, -0.25) is 0 Å². The first-order valence-electron chi connectivity index (χ1n) is 9.55. The fourth-order valence-corrected chi connectivity index (χ4v) is 3.63. The van der Waals surface area contributed by atoms with Crippen molar-refractivity contribution in [1.29, 1.82) is 0 Å². The van der Waals surface area contributed by atoms with E-state index in [0.717, 1.165) is 6.42 Å². The summed E-state index contributed by atoms with van der Waals surface area (Å²) in [6, 6.07) is 4.88. The molecule has 1 aromatic carbocycles. The number of nitrogens with one attached hydrogen (secondary N) is 1. The Kier molecular flexibility index (Phi) is 8.76. The number of carbonyl (C=O) groups excluding carboxylic acids is 3. The Bertz CT molecular complexity index is 942. The first-order valence-corrected chi connectivity index (χ1v) is 10.3. The van der Waals surface area contributed by atoms with Crippen LogP contribution in [0.2, 0.25) is 10.0 Å². The third kappa shape index (κ3) is 5.71. The van der Waals surface area contributed by atoms with Gasteiger partial charge in [-0.05, 0) is 25.0 Å². The number of allylic oxidation sites excluding steroid dienone is 1. The molecule has 8 nitrogen and oxygen atoms in total. The first kappa shape index (κ1) is 24.6. The Labute approximate surface area is 190 Å². The van der Waals surface area contributed by atoms with Crippen LogP contribution in [0.25, 0.3) is 0 Å². The Morgan fingerprint density at radius 3 is 2.45 bits per heavy atom. The predicted molar refractivity (Wildman–Crippen MR) is 115 cm³/mol. The number of hydrogen-bond donors (Lipinski definition) is 2. The maximum atomic E-state index is 13.1. The number of ether oxygens (including phenoxy) is 3. The molecule has 1 amide bonds. The lowest BCUT2D eigenvalue weighted by Gasteiger charge is -2.31. The molecule has 1 unspecified atom stereocenters. The second-order valence-corrected chi connectivity index (χ2v) is 7.51. The normalized spacial score (nSPS) is 16.0. The summed E-state index contributed by atoms with van der Waals surface area (Å²) >= 11 is 12.7. The molecule has 0 bridgehead atoms. The molecule has 1 atom stereocenters. The molecule has 0 fully saturated rings. The van der Waals surface area contributed by atoms with Crippen LogP contribution in [0.15, 0.2) is 40.7 Å². The van der Waals surface area contributed by atoms with Gasteiger partial charge in [0.2, 0.25) is 0 Å². The summed E-state index contributed by atoms with van der Waals surface area (Å²) in [5.74, 6) is -2.33. The van der Waals surface area contributed by atoms with Gasteiger partial charge in [-0.2, -0.15) is 0 Å². The number of dihydropyridines is 1. The minimum Gasteiger partial charge on any atom is -0.466 e. The third-order valence-corrected chi connectivity index (χ3v) is 5.49. The zero-order chi connectivity index (χ0) is 23.1. The van der Waals surface area contributed by atoms with Crippen molar-refractivity contribution < 1.29 is 28.6 Å². The molecule has 2 rings (SSSR count). The highest BCUT2D eigenvalue weighted by Crippen LogP contribution is 2.43. The quantitative estimate of drug-likeness (QED) is 0.336.